The van der Waals surface area contributed by atoms with Crippen LogP contribution < -0.4 is 55.0 Å². The molecule has 126 heavy (non-hydrogen) atoms. The number of aromatic nitrogens is 12. The van der Waals surface area contributed by atoms with Gasteiger partial charge < -0.3 is 59.7 Å². The number of hydrogen-bond acceptors (Lipinski definition) is 29. The molecule has 9 aromatic heterocycles. The molecule has 4 aliphatic carbocycles. The van der Waals surface area contributed by atoms with Gasteiger partial charge in [0.15, 0.2) is 32.5 Å². The van der Waals surface area contributed by atoms with Gasteiger partial charge in [-0.05, 0) is 212 Å². The number of carboxylic acid groups (broad SMARTS) is 1. The summed E-state index contributed by atoms with van der Waals surface area (Å²) in [7, 11) is -12.3. The number of carbonyl (C=O) groups is 3. The Morgan fingerprint density at radius 2 is 1.10 bits per heavy atom. The smallest absolute Gasteiger partial charge is 0.338 e. The lowest BCUT2D eigenvalue weighted by molar-refractivity contribution is 0.0585. The van der Waals surface area contributed by atoms with Crippen LogP contribution in [0.15, 0.2) is 143 Å². The van der Waals surface area contributed by atoms with Crippen molar-refractivity contribution in [3.63, 3.8) is 0 Å². The van der Waals surface area contributed by atoms with E-state index in [0.29, 0.717) is 158 Å². The normalized spacial score (nSPS) is 19.9. The van der Waals surface area contributed by atoms with Gasteiger partial charge in [-0.15, -0.1) is 15.3 Å². The summed E-state index contributed by atoms with van der Waals surface area (Å²) >= 11 is 12.1. The fourth-order valence-corrected chi connectivity index (χ4v) is 17.4. The standard InChI is InChI=1S/C28H36ClN7O5S.C28H35N7O5S.C15H16ClN3O3.C14H23N3O3S/c1-27(2)17-19(18-31-27)40-16-13-30-21-5-4-6-24(32-21)42(38,39)35-26(37)20-7-8-22(33-25(20)29)36-14-9-23(34-36)41-15-12-28(3)10-11-28;1-27(2)17-19-18-34(27)25-20(26(36)33-41(37,38)24-6-4-5-21(30-24)29-13-16-39-19)7-8-22(31-25)35-14-9-23(32-35)40-15-12-28(3)10-11-28;1-15(5-6-15)7-9-22-12-4-8-19(18-12)11-3-2-10(14(20)21)13(16)17-11;1-14(2)7-6-11(10-14)20-9-8-16-12-4-3-5-13(17-12)21(15,18)19/h4-9,14,19,31H,10-13,15-18H2,1-3H3,(H,30,32)(H,35,37);4-9,14,19H,10-13,15-18H2,1-3H3,(H,29,30)(H,33,36);2-4,8H,5-7,9H2,1H3,(H,20,21);3-5,11H,6-10H2,1-2H3,(H,16,17)(H2,15,18,19). The highest BCUT2D eigenvalue weighted by Gasteiger charge is 2.43. The van der Waals surface area contributed by atoms with Crippen LogP contribution in [0.2, 0.25) is 10.3 Å². The average molecular weight is 1840 g/mol. The molecule has 678 valence electrons. The highest BCUT2D eigenvalue weighted by molar-refractivity contribution is 7.90. The Labute approximate surface area is 743 Å². The first-order valence-electron chi connectivity index (χ1n) is 42.0. The van der Waals surface area contributed by atoms with Crippen LogP contribution in [0.5, 0.6) is 17.6 Å². The second kappa shape index (κ2) is 39.2. The zero-order valence-electron chi connectivity index (χ0n) is 72.0. The molecule has 6 fully saturated rings. The van der Waals surface area contributed by atoms with Gasteiger partial charge in [-0.2, -0.15) is 16.8 Å². The number of sulfonamides is 3. The van der Waals surface area contributed by atoms with Crippen molar-refractivity contribution in [3.05, 3.63) is 155 Å². The number of pyridine rings is 6. The summed E-state index contributed by atoms with van der Waals surface area (Å²) in [5.74, 6) is 1.44. The minimum atomic E-state index is -4.29. The van der Waals surface area contributed by atoms with Crippen LogP contribution in [0.4, 0.5) is 23.3 Å². The topological polar surface area (TPSA) is 461 Å². The van der Waals surface area contributed by atoms with Gasteiger partial charge in [0.1, 0.15) is 33.6 Å². The molecule has 0 radical (unpaired) electrons. The van der Waals surface area contributed by atoms with Crippen LogP contribution in [0.1, 0.15) is 183 Å². The predicted molar refractivity (Wildman–Crippen MR) is 472 cm³/mol. The van der Waals surface area contributed by atoms with Crippen molar-refractivity contribution in [2.75, 3.05) is 93.2 Å². The molecule has 2 saturated heterocycles. The van der Waals surface area contributed by atoms with Gasteiger partial charge in [-0.1, -0.05) is 76.0 Å². The monoisotopic (exact) mass is 1830 g/mol. The summed E-state index contributed by atoms with van der Waals surface area (Å²) in [5, 5.41) is 38.8. The van der Waals surface area contributed by atoms with Crippen LogP contribution >= 0.6 is 23.2 Å². The molecule has 16 rings (SSSR count). The third-order valence-corrected chi connectivity index (χ3v) is 27.0. The van der Waals surface area contributed by atoms with Gasteiger partial charge in [0, 0.05) is 80.6 Å². The van der Waals surface area contributed by atoms with E-state index >= 15 is 0 Å². The highest BCUT2D eigenvalue weighted by atomic mass is 35.5. The van der Waals surface area contributed by atoms with Crippen molar-refractivity contribution in [3.8, 4) is 35.1 Å². The Hall–Kier alpha value is -10.2. The molecule has 12 heterocycles. The van der Waals surface area contributed by atoms with Crippen molar-refractivity contribution < 1.29 is 73.2 Å². The van der Waals surface area contributed by atoms with Crippen LogP contribution in [0, 0.1) is 21.7 Å². The number of halogens is 2. The van der Waals surface area contributed by atoms with E-state index in [2.05, 4.69) is 129 Å². The number of carboxylic acids is 1. The second-order valence-corrected chi connectivity index (χ2v) is 41.1. The Morgan fingerprint density at radius 3 is 1.60 bits per heavy atom. The maximum atomic E-state index is 13.5. The minimum Gasteiger partial charge on any atom is -0.478 e. The first-order chi connectivity index (χ1) is 59.7. The Morgan fingerprint density at radius 1 is 0.595 bits per heavy atom. The number of rotatable bonds is 30. The number of fused-ring (bicyclic) bond motifs is 6. The van der Waals surface area contributed by atoms with E-state index in [4.69, 9.17) is 66.9 Å². The third-order valence-electron chi connectivity index (χ3n) is 23.1. The summed E-state index contributed by atoms with van der Waals surface area (Å²) in [6.45, 7) is 25.6. The van der Waals surface area contributed by atoms with Crippen molar-refractivity contribution in [1.82, 2.24) is 74.0 Å². The number of nitrogens with two attached hydrogens (primary N) is 1. The summed E-state index contributed by atoms with van der Waals surface area (Å²) in [5.41, 5.74) is 1.22. The lowest BCUT2D eigenvalue weighted by Crippen LogP contribution is -2.41. The summed E-state index contributed by atoms with van der Waals surface area (Å²) in [6, 6.07) is 28.1. The van der Waals surface area contributed by atoms with E-state index in [1.165, 1.54) is 96.8 Å². The fourth-order valence-electron chi connectivity index (χ4n) is 14.6. The first-order valence-corrected chi connectivity index (χ1v) is 47.2. The van der Waals surface area contributed by atoms with E-state index < -0.39 is 53.4 Å². The van der Waals surface area contributed by atoms with Crippen LogP contribution in [0.3, 0.4) is 0 Å². The maximum Gasteiger partial charge on any atom is 0.338 e. The number of hydrogen-bond donors (Lipinski definition) is 8. The lowest BCUT2D eigenvalue weighted by Gasteiger charge is -2.33. The minimum absolute atomic E-state index is 0.0354. The molecule has 2 amide bonds. The summed E-state index contributed by atoms with van der Waals surface area (Å²) in [6.07, 6.45) is 20.9. The van der Waals surface area contributed by atoms with Crippen molar-refractivity contribution in [1.29, 1.82) is 0 Å². The molecule has 9 N–H and O–H groups in total. The number of anilines is 4. The zero-order valence-corrected chi connectivity index (χ0v) is 75.9. The maximum absolute atomic E-state index is 13.5. The first kappa shape index (κ1) is 93.4. The van der Waals surface area contributed by atoms with Gasteiger partial charge in [-0.25, -0.2) is 71.7 Å². The highest BCUT2D eigenvalue weighted by Crippen LogP contribution is 2.50. The lowest BCUT2D eigenvalue weighted by atomic mass is 9.92. The number of ether oxygens (including phenoxy) is 6. The molecule has 0 spiro atoms. The number of nitrogens with zero attached hydrogens (tertiary/aromatic N) is 13. The molecule has 0 aromatic carbocycles. The molecule has 36 nitrogen and oxygen atoms in total. The molecule has 3 atom stereocenters. The Balaban J connectivity index is 0.000000151. The third kappa shape index (κ3) is 26.0. The fraction of sp³-hybridized carbons (Fsp3) is 0.506. The predicted octanol–water partition coefficient (Wildman–Crippen LogP) is 11.6. The molecule has 4 bridgehead atoms. The number of amides is 2. The Kier molecular flexibility index (Phi) is 29.0. The summed E-state index contributed by atoms with van der Waals surface area (Å²) in [4.78, 5) is 64.7. The molecular weight excluding hydrogens is 1720 g/mol. The second-order valence-electron chi connectivity index (χ2n) is 35.6. The number of aromatic carboxylic acids is 1. The molecule has 9 aromatic rings. The number of primary sulfonamides is 1. The van der Waals surface area contributed by atoms with Crippen LogP contribution in [0.25, 0.3) is 17.5 Å². The van der Waals surface area contributed by atoms with Crippen molar-refractivity contribution in [2.45, 2.75) is 197 Å². The Bertz CT molecular complexity index is 5730. The number of nitrogens with one attached hydrogen (secondary N) is 6. The molecule has 3 aliphatic heterocycles. The van der Waals surface area contributed by atoms with Gasteiger partial charge in [-0.3, -0.25) is 9.59 Å². The van der Waals surface area contributed by atoms with E-state index in [-0.39, 0.29) is 59.8 Å². The van der Waals surface area contributed by atoms with E-state index in [9.17, 15) is 39.6 Å². The molecular formula is C85H110Cl2N20O16S3. The van der Waals surface area contributed by atoms with E-state index in [1.54, 1.807) is 90.0 Å². The quantitative estimate of drug-likeness (QED) is 0.0153. The number of carbonyl (C=O) groups excluding carboxylic acids is 2. The summed E-state index contributed by atoms with van der Waals surface area (Å²) < 4.78 is 118. The van der Waals surface area contributed by atoms with E-state index in [0.717, 1.165) is 45.1 Å². The van der Waals surface area contributed by atoms with Gasteiger partial charge in [0.05, 0.1) is 74.6 Å². The molecule has 41 heteroatoms. The van der Waals surface area contributed by atoms with Crippen molar-refractivity contribution >= 4 is 94.3 Å². The van der Waals surface area contributed by atoms with Gasteiger partial charge >= 0.3 is 5.97 Å². The zero-order chi connectivity index (χ0) is 90.0. The van der Waals surface area contributed by atoms with Crippen LogP contribution in [-0.4, -0.2) is 209 Å². The van der Waals surface area contributed by atoms with E-state index in [1.807, 2.05) is 9.62 Å². The van der Waals surface area contributed by atoms with Gasteiger partial charge in [0.2, 0.25) is 17.6 Å². The molecule has 4 saturated carbocycles. The van der Waals surface area contributed by atoms with Gasteiger partial charge in [0.25, 0.3) is 41.9 Å². The molecule has 3 unspecified atom stereocenters. The van der Waals surface area contributed by atoms with Crippen molar-refractivity contribution in [2.24, 2.45) is 26.8 Å². The largest absolute Gasteiger partial charge is 0.478 e. The molecule has 7 aliphatic rings. The average Bonchev–Trinajstić information content (AvgIpc) is 1.57. The SMILES string of the molecule is CC1(C)CCC(OCCNc2cccc(S(N)(=O)=O)n2)C1.CC1(CCOc2ccn(-c3ccc(C(=O)NS(=O)(=O)c4cccc(NCCOC5CNC(C)(C)C5)n4)c(Cl)n3)n2)CC1.CC1(CCOc2ccn(-c3ccc(C(=O)O)c(Cl)n3)n2)CC1.CC1(CCOc2ccn(-c3ccc4c(n3)N3CC(CC3(C)C)OCCNc3cccc(n3)S(=O)(=O)NC4=O)n2)CC1. The van der Waals surface area contributed by atoms with Crippen LogP contribution in [-0.2, 0) is 44.3 Å².